The Morgan fingerprint density at radius 3 is 2.30 bits per heavy atom. The molecule has 0 bridgehead atoms. The molecule has 2 rings (SSSR count). The van der Waals surface area contributed by atoms with Crippen LogP contribution >= 0.6 is 12.4 Å². The zero-order valence-corrected chi connectivity index (χ0v) is 13.6. The first kappa shape index (κ1) is 17.8. The molecule has 3 nitrogen and oxygen atoms in total. The highest BCUT2D eigenvalue weighted by molar-refractivity contribution is 5.85. The largest absolute Gasteiger partial charge is 0.354 e. The lowest BCUT2D eigenvalue weighted by molar-refractivity contribution is -0.126. The Bertz CT molecular complexity index is 295. The van der Waals surface area contributed by atoms with Gasteiger partial charge in [-0.3, -0.25) is 4.79 Å². The van der Waals surface area contributed by atoms with Gasteiger partial charge in [-0.2, -0.15) is 0 Å². The zero-order valence-electron chi connectivity index (χ0n) is 12.8. The summed E-state index contributed by atoms with van der Waals surface area (Å²) in [4.78, 5) is 12.2. The van der Waals surface area contributed by atoms with Crippen molar-refractivity contribution in [1.29, 1.82) is 0 Å². The minimum absolute atomic E-state index is 0. The van der Waals surface area contributed by atoms with Crippen LogP contribution in [-0.2, 0) is 4.79 Å². The summed E-state index contributed by atoms with van der Waals surface area (Å²) >= 11 is 0. The normalized spacial score (nSPS) is 29.3. The molecule has 2 aliphatic carbocycles. The highest BCUT2D eigenvalue weighted by Gasteiger charge is 2.30. The van der Waals surface area contributed by atoms with Crippen molar-refractivity contribution in [2.45, 2.75) is 76.7 Å². The number of carbonyl (C=O) groups is 1. The van der Waals surface area contributed by atoms with Crippen LogP contribution in [-0.4, -0.2) is 18.0 Å². The molecule has 0 aromatic heterocycles. The third-order valence-corrected chi connectivity index (χ3v) is 5.26. The van der Waals surface area contributed by atoms with Crippen molar-refractivity contribution < 1.29 is 4.79 Å². The summed E-state index contributed by atoms with van der Waals surface area (Å²) in [6.07, 6.45) is 11.7. The Morgan fingerprint density at radius 1 is 1.15 bits per heavy atom. The molecule has 2 fully saturated rings. The van der Waals surface area contributed by atoms with Crippen molar-refractivity contribution >= 4 is 18.3 Å². The Hall–Kier alpha value is -0.280. The second-order valence-electron chi connectivity index (χ2n) is 6.77. The van der Waals surface area contributed by atoms with Crippen LogP contribution in [0.5, 0.6) is 0 Å². The van der Waals surface area contributed by atoms with Crippen molar-refractivity contribution in [3.63, 3.8) is 0 Å². The molecule has 4 heteroatoms. The van der Waals surface area contributed by atoms with Crippen LogP contribution < -0.4 is 11.1 Å². The molecule has 2 aliphatic rings. The van der Waals surface area contributed by atoms with E-state index in [2.05, 4.69) is 12.2 Å². The van der Waals surface area contributed by atoms with Crippen molar-refractivity contribution in [3.8, 4) is 0 Å². The highest BCUT2D eigenvalue weighted by atomic mass is 35.5. The average molecular weight is 303 g/mol. The summed E-state index contributed by atoms with van der Waals surface area (Å²) in [5, 5.41) is 3.13. The average Bonchev–Trinajstić information content (AvgIpc) is 2.46. The molecule has 0 aromatic rings. The SMILES string of the molecule is CCC1CCC(C(=O)NCC2(N)CCCCC2)CC1.Cl. The van der Waals surface area contributed by atoms with E-state index in [9.17, 15) is 4.79 Å². The van der Waals surface area contributed by atoms with Gasteiger partial charge in [-0.15, -0.1) is 12.4 Å². The lowest BCUT2D eigenvalue weighted by Gasteiger charge is -2.34. The fourth-order valence-electron chi connectivity index (χ4n) is 3.67. The lowest BCUT2D eigenvalue weighted by atomic mass is 9.80. The molecule has 0 aliphatic heterocycles. The number of nitrogens with one attached hydrogen (secondary N) is 1. The predicted molar refractivity (Wildman–Crippen MR) is 86.0 cm³/mol. The minimum atomic E-state index is -0.130. The Kier molecular flexibility index (Phi) is 7.32. The molecule has 3 N–H and O–H groups in total. The second kappa shape index (κ2) is 8.23. The molecule has 20 heavy (non-hydrogen) atoms. The molecule has 118 valence electrons. The van der Waals surface area contributed by atoms with Crippen LogP contribution in [0, 0.1) is 11.8 Å². The fourth-order valence-corrected chi connectivity index (χ4v) is 3.67. The van der Waals surface area contributed by atoms with Gasteiger partial charge in [0.15, 0.2) is 0 Å². The Morgan fingerprint density at radius 2 is 1.75 bits per heavy atom. The van der Waals surface area contributed by atoms with E-state index in [0.717, 1.165) is 31.6 Å². The molecule has 0 heterocycles. The van der Waals surface area contributed by atoms with Crippen molar-refractivity contribution in [1.82, 2.24) is 5.32 Å². The smallest absolute Gasteiger partial charge is 0.223 e. The quantitative estimate of drug-likeness (QED) is 0.836. The van der Waals surface area contributed by atoms with Crippen LogP contribution in [0.1, 0.15) is 71.1 Å². The minimum Gasteiger partial charge on any atom is -0.354 e. The van der Waals surface area contributed by atoms with Crippen LogP contribution in [0.15, 0.2) is 0 Å². The van der Waals surface area contributed by atoms with Crippen LogP contribution in [0.4, 0.5) is 0 Å². The number of amides is 1. The number of hydrogen-bond acceptors (Lipinski definition) is 2. The molecular formula is C16H31ClN2O. The number of hydrogen-bond donors (Lipinski definition) is 2. The summed E-state index contributed by atoms with van der Waals surface area (Å²) in [5.41, 5.74) is 6.24. The molecule has 1 amide bonds. The summed E-state index contributed by atoms with van der Waals surface area (Å²) < 4.78 is 0. The van der Waals surface area contributed by atoms with Crippen molar-refractivity contribution in [2.75, 3.05) is 6.54 Å². The number of rotatable bonds is 4. The molecule has 2 saturated carbocycles. The summed E-state index contributed by atoms with van der Waals surface area (Å²) in [5.74, 6) is 1.35. The number of nitrogens with two attached hydrogens (primary N) is 1. The van der Waals surface area contributed by atoms with E-state index in [0.29, 0.717) is 6.54 Å². The molecule has 0 aromatic carbocycles. The van der Waals surface area contributed by atoms with Crippen LogP contribution in [0.2, 0.25) is 0 Å². The first-order valence-corrected chi connectivity index (χ1v) is 8.19. The maximum Gasteiger partial charge on any atom is 0.223 e. The zero-order chi connectivity index (χ0) is 13.7. The van der Waals surface area contributed by atoms with Crippen molar-refractivity contribution in [3.05, 3.63) is 0 Å². The van der Waals surface area contributed by atoms with Crippen LogP contribution in [0.3, 0.4) is 0 Å². The van der Waals surface area contributed by atoms with E-state index in [-0.39, 0.29) is 29.8 Å². The third-order valence-electron chi connectivity index (χ3n) is 5.26. The molecule has 0 unspecified atom stereocenters. The van der Waals surface area contributed by atoms with Gasteiger partial charge in [0.1, 0.15) is 0 Å². The standard InChI is InChI=1S/C16H30N2O.ClH/c1-2-13-6-8-14(9-7-13)15(19)18-12-16(17)10-4-3-5-11-16;/h13-14H,2-12,17H2,1H3,(H,18,19);1H. The third kappa shape index (κ3) is 4.92. The fraction of sp³-hybridized carbons (Fsp3) is 0.938. The molecule has 0 atom stereocenters. The van der Waals surface area contributed by atoms with Gasteiger partial charge in [-0.25, -0.2) is 0 Å². The number of halogens is 1. The van der Waals surface area contributed by atoms with Gasteiger partial charge in [0, 0.05) is 18.0 Å². The first-order valence-electron chi connectivity index (χ1n) is 8.19. The molecule has 0 saturated heterocycles. The van der Waals surface area contributed by atoms with E-state index in [1.165, 1.54) is 38.5 Å². The predicted octanol–water partition coefficient (Wildman–Crippen LogP) is 3.40. The van der Waals surface area contributed by atoms with Gasteiger partial charge >= 0.3 is 0 Å². The Labute approximate surface area is 129 Å². The summed E-state index contributed by atoms with van der Waals surface area (Å²) in [6.45, 7) is 2.94. The maximum absolute atomic E-state index is 12.2. The van der Waals surface area contributed by atoms with E-state index in [4.69, 9.17) is 5.73 Å². The molecule has 0 radical (unpaired) electrons. The summed E-state index contributed by atoms with van der Waals surface area (Å²) in [7, 11) is 0. The van der Waals surface area contributed by atoms with E-state index < -0.39 is 0 Å². The van der Waals surface area contributed by atoms with Gasteiger partial charge in [0.2, 0.25) is 5.91 Å². The van der Waals surface area contributed by atoms with Crippen LogP contribution in [0.25, 0.3) is 0 Å². The summed E-state index contributed by atoms with van der Waals surface area (Å²) in [6, 6.07) is 0. The maximum atomic E-state index is 12.2. The second-order valence-corrected chi connectivity index (χ2v) is 6.77. The van der Waals surface area contributed by atoms with Crippen molar-refractivity contribution in [2.24, 2.45) is 17.6 Å². The van der Waals surface area contributed by atoms with Gasteiger partial charge < -0.3 is 11.1 Å². The van der Waals surface area contributed by atoms with E-state index in [1.807, 2.05) is 0 Å². The van der Waals surface area contributed by atoms with E-state index in [1.54, 1.807) is 0 Å². The van der Waals surface area contributed by atoms with Gasteiger partial charge in [-0.1, -0.05) is 32.6 Å². The first-order chi connectivity index (χ1) is 9.13. The topological polar surface area (TPSA) is 55.1 Å². The lowest BCUT2D eigenvalue weighted by Crippen LogP contribution is -2.52. The molecular weight excluding hydrogens is 272 g/mol. The van der Waals surface area contributed by atoms with Gasteiger partial charge in [0.25, 0.3) is 0 Å². The monoisotopic (exact) mass is 302 g/mol. The van der Waals surface area contributed by atoms with Gasteiger partial charge in [-0.05, 0) is 44.4 Å². The molecule has 0 spiro atoms. The Balaban J connectivity index is 0.00000200. The highest BCUT2D eigenvalue weighted by Crippen LogP contribution is 2.31. The number of carbonyl (C=O) groups excluding carboxylic acids is 1. The van der Waals surface area contributed by atoms with Gasteiger partial charge in [0.05, 0.1) is 0 Å². The van der Waals surface area contributed by atoms with E-state index >= 15 is 0 Å².